The number of rotatable bonds is 5. The van der Waals surface area contributed by atoms with E-state index in [2.05, 4.69) is 53.1 Å². The van der Waals surface area contributed by atoms with Crippen LogP contribution in [0.3, 0.4) is 0 Å². The first-order valence-corrected chi connectivity index (χ1v) is 11.4. The van der Waals surface area contributed by atoms with E-state index in [4.69, 9.17) is 11.6 Å². The molecule has 4 rings (SSSR count). The molecule has 2 aliphatic heterocycles. The van der Waals surface area contributed by atoms with Crippen LogP contribution in [-0.2, 0) is 6.42 Å². The summed E-state index contributed by atoms with van der Waals surface area (Å²) in [4.78, 5) is 5.43. The highest BCUT2D eigenvalue weighted by Crippen LogP contribution is 2.24. The summed E-state index contributed by atoms with van der Waals surface area (Å²) in [6, 6.07) is 18.0. The molecule has 0 radical (unpaired) electrons. The van der Waals surface area contributed by atoms with Gasteiger partial charge >= 0.3 is 0 Å². The van der Waals surface area contributed by atoms with E-state index in [-0.39, 0.29) is 0 Å². The minimum atomic E-state index is 0.791. The molecule has 0 bridgehead atoms. The van der Waals surface area contributed by atoms with Gasteiger partial charge in [-0.2, -0.15) is 0 Å². The van der Waals surface area contributed by atoms with Crippen molar-refractivity contribution in [2.75, 3.05) is 32.7 Å². The molecule has 0 aromatic heterocycles. The Kier molecular flexibility index (Phi) is 6.72. The van der Waals surface area contributed by atoms with E-state index in [9.17, 15) is 0 Å². The van der Waals surface area contributed by atoms with Crippen LogP contribution in [0.1, 0.15) is 38.2 Å². The Morgan fingerprint density at radius 2 is 1.36 bits per heavy atom. The number of halogens is 1. The van der Waals surface area contributed by atoms with E-state index in [1.165, 1.54) is 75.1 Å². The first-order chi connectivity index (χ1) is 13.7. The van der Waals surface area contributed by atoms with Crippen molar-refractivity contribution in [2.45, 2.75) is 45.1 Å². The molecule has 2 aliphatic rings. The van der Waals surface area contributed by atoms with Gasteiger partial charge in [0.05, 0.1) is 0 Å². The van der Waals surface area contributed by atoms with Crippen LogP contribution in [0.5, 0.6) is 0 Å². The van der Waals surface area contributed by atoms with E-state index in [1.54, 1.807) is 0 Å². The summed E-state index contributed by atoms with van der Waals surface area (Å²) in [5.74, 6) is 0.933. The first kappa shape index (κ1) is 19.9. The zero-order chi connectivity index (χ0) is 19.3. The Morgan fingerprint density at radius 3 is 1.96 bits per heavy atom. The van der Waals surface area contributed by atoms with Gasteiger partial charge in [0.15, 0.2) is 0 Å². The Labute approximate surface area is 175 Å². The van der Waals surface area contributed by atoms with Crippen molar-refractivity contribution in [3.05, 3.63) is 59.1 Å². The fourth-order valence-electron chi connectivity index (χ4n) is 4.70. The third-order valence-corrected chi connectivity index (χ3v) is 6.99. The second-order valence-electron chi connectivity index (χ2n) is 8.75. The molecule has 0 N–H and O–H groups in total. The number of benzene rings is 2. The molecule has 2 heterocycles. The topological polar surface area (TPSA) is 6.48 Å². The van der Waals surface area contributed by atoms with Crippen LogP contribution in [0, 0.1) is 5.92 Å². The second kappa shape index (κ2) is 9.43. The Bertz CT molecular complexity index is 724. The summed E-state index contributed by atoms with van der Waals surface area (Å²) < 4.78 is 0. The Morgan fingerprint density at radius 1 is 0.786 bits per heavy atom. The third-order valence-electron chi connectivity index (χ3n) is 6.74. The standard InChI is InChI=1S/C25H33ClN2/c1-20-10-18-28(19-11-20)25-13-16-27(17-14-25)15-12-21-2-4-22(5-3-21)23-6-8-24(26)9-7-23/h2-9,20,25H,10-19H2,1H3. The first-order valence-electron chi connectivity index (χ1n) is 11.0. The highest BCUT2D eigenvalue weighted by molar-refractivity contribution is 6.30. The van der Waals surface area contributed by atoms with Crippen LogP contribution in [0.25, 0.3) is 11.1 Å². The lowest BCUT2D eigenvalue weighted by Gasteiger charge is -2.41. The van der Waals surface area contributed by atoms with Gasteiger partial charge in [-0.15, -0.1) is 0 Å². The second-order valence-corrected chi connectivity index (χ2v) is 9.18. The van der Waals surface area contributed by atoms with Crippen molar-refractivity contribution in [1.82, 2.24) is 9.80 Å². The summed E-state index contributed by atoms with van der Waals surface area (Å²) >= 11 is 5.99. The predicted octanol–water partition coefficient (Wildman–Crippen LogP) is 5.75. The molecule has 0 unspecified atom stereocenters. The zero-order valence-electron chi connectivity index (χ0n) is 17.1. The van der Waals surface area contributed by atoms with E-state index >= 15 is 0 Å². The van der Waals surface area contributed by atoms with Gasteiger partial charge in [-0.1, -0.05) is 54.9 Å². The molecule has 0 aliphatic carbocycles. The molecule has 3 heteroatoms. The van der Waals surface area contributed by atoms with E-state index < -0.39 is 0 Å². The summed E-state index contributed by atoms with van der Waals surface area (Å²) in [6.45, 7) is 8.77. The summed E-state index contributed by atoms with van der Waals surface area (Å²) in [6.07, 6.45) is 6.64. The van der Waals surface area contributed by atoms with E-state index in [1.807, 2.05) is 12.1 Å². The lowest BCUT2D eigenvalue weighted by molar-refractivity contribution is 0.0808. The number of nitrogens with zero attached hydrogens (tertiary/aromatic N) is 2. The molecule has 150 valence electrons. The fraction of sp³-hybridized carbons (Fsp3) is 0.520. The Balaban J connectivity index is 1.22. The normalized spacial score (nSPS) is 20.5. The summed E-state index contributed by atoms with van der Waals surface area (Å²) in [7, 11) is 0. The molecule has 2 aromatic carbocycles. The van der Waals surface area contributed by atoms with Crippen molar-refractivity contribution in [2.24, 2.45) is 5.92 Å². The smallest absolute Gasteiger partial charge is 0.0406 e. The van der Waals surface area contributed by atoms with Crippen LogP contribution >= 0.6 is 11.6 Å². The lowest BCUT2D eigenvalue weighted by atomic mass is 9.95. The monoisotopic (exact) mass is 396 g/mol. The van der Waals surface area contributed by atoms with Crippen molar-refractivity contribution in [3.63, 3.8) is 0 Å². The molecule has 2 fully saturated rings. The van der Waals surface area contributed by atoms with Gasteiger partial charge in [0.2, 0.25) is 0 Å². The van der Waals surface area contributed by atoms with Gasteiger partial charge in [-0.05, 0) is 93.0 Å². The van der Waals surface area contributed by atoms with Gasteiger partial charge in [-0.25, -0.2) is 0 Å². The fourth-order valence-corrected chi connectivity index (χ4v) is 4.82. The van der Waals surface area contributed by atoms with Crippen LogP contribution in [0.15, 0.2) is 48.5 Å². The van der Waals surface area contributed by atoms with Crippen molar-refractivity contribution < 1.29 is 0 Å². The van der Waals surface area contributed by atoms with Crippen molar-refractivity contribution in [1.29, 1.82) is 0 Å². The SMILES string of the molecule is CC1CCN(C2CCN(CCc3ccc(-c4ccc(Cl)cc4)cc3)CC2)CC1. The maximum absolute atomic E-state index is 5.99. The van der Waals surface area contributed by atoms with Gasteiger partial charge in [0.25, 0.3) is 0 Å². The minimum Gasteiger partial charge on any atom is -0.303 e. The van der Waals surface area contributed by atoms with Gasteiger partial charge in [-0.3, -0.25) is 0 Å². The van der Waals surface area contributed by atoms with Crippen molar-refractivity contribution >= 4 is 11.6 Å². The number of piperidine rings is 2. The maximum atomic E-state index is 5.99. The number of hydrogen-bond acceptors (Lipinski definition) is 2. The molecular weight excluding hydrogens is 364 g/mol. The lowest BCUT2D eigenvalue weighted by Crippen LogP contribution is -2.47. The maximum Gasteiger partial charge on any atom is 0.0406 e. The molecule has 2 saturated heterocycles. The average molecular weight is 397 g/mol. The quantitative estimate of drug-likeness (QED) is 0.635. The summed E-state index contributed by atoms with van der Waals surface area (Å²) in [5, 5.41) is 0.791. The molecule has 28 heavy (non-hydrogen) atoms. The van der Waals surface area contributed by atoms with Crippen LogP contribution in [0.4, 0.5) is 0 Å². The highest BCUT2D eigenvalue weighted by Gasteiger charge is 2.26. The average Bonchev–Trinajstić information content (AvgIpc) is 2.74. The highest BCUT2D eigenvalue weighted by atomic mass is 35.5. The largest absolute Gasteiger partial charge is 0.303 e. The Hall–Kier alpha value is -1.35. The van der Waals surface area contributed by atoms with Gasteiger partial charge in [0.1, 0.15) is 0 Å². The molecule has 0 spiro atoms. The molecule has 0 saturated carbocycles. The van der Waals surface area contributed by atoms with Crippen LogP contribution in [0.2, 0.25) is 5.02 Å². The molecular formula is C25H33ClN2. The third kappa shape index (κ3) is 5.17. The zero-order valence-corrected chi connectivity index (χ0v) is 17.9. The van der Waals surface area contributed by atoms with E-state index in [0.29, 0.717) is 0 Å². The predicted molar refractivity (Wildman–Crippen MR) is 120 cm³/mol. The molecule has 0 amide bonds. The molecule has 2 aromatic rings. The van der Waals surface area contributed by atoms with Gasteiger partial charge in [0, 0.05) is 17.6 Å². The summed E-state index contributed by atoms with van der Waals surface area (Å²) in [5.41, 5.74) is 3.92. The molecule has 2 nitrogen and oxygen atoms in total. The van der Waals surface area contributed by atoms with Crippen molar-refractivity contribution in [3.8, 4) is 11.1 Å². The van der Waals surface area contributed by atoms with Crippen LogP contribution in [-0.4, -0.2) is 48.6 Å². The minimum absolute atomic E-state index is 0.791. The molecule has 0 atom stereocenters. The number of likely N-dealkylation sites (tertiary alicyclic amines) is 2. The van der Waals surface area contributed by atoms with Gasteiger partial charge < -0.3 is 9.80 Å². The van der Waals surface area contributed by atoms with Crippen LogP contribution < -0.4 is 0 Å². The number of hydrogen-bond donors (Lipinski definition) is 0. The van der Waals surface area contributed by atoms with E-state index in [0.717, 1.165) is 23.4 Å².